The van der Waals surface area contributed by atoms with E-state index in [-0.39, 0.29) is 11.7 Å². The molecule has 1 aromatic heterocycles. The molecule has 7 heteroatoms. The Hall–Kier alpha value is -4.13. The van der Waals surface area contributed by atoms with Gasteiger partial charge < -0.3 is 14.8 Å². The van der Waals surface area contributed by atoms with Gasteiger partial charge in [-0.3, -0.25) is 4.79 Å². The van der Waals surface area contributed by atoms with Gasteiger partial charge in [0.2, 0.25) is 0 Å². The Balaban J connectivity index is 1.56. The van der Waals surface area contributed by atoms with Crippen molar-refractivity contribution in [1.82, 2.24) is 9.78 Å². The molecule has 0 atom stereocenters. The van der Waals surface area contributed by atoms with Crippen molar-refractivity contribution in [2.75, 3.05) is 18.5 Å². The number of aromatic nitrogens is 2. The summed E-state index contributed by atoms with van der Waals surface area (Å²) in [6, 6.07) is 20.6. The molecule has 4 aromatic rings. The van der Waals surface area contributed by atoms with Crippen LogP contribution >= 0.6 is 0 Å². The Morgan fingerprint density at radius 1 is 0.935 bits per heavy atom. The monoisotopic (exact) mass is 415 g/mol. The lowest BCUT2D eigenvalue weighted by Crippen LogP contribution is -2.15. The van der Waals surface area contributed by atoms with Crippen LogP contribution in [0.25, 0.3) is 16.9 Å². The molecular weight excluding hydrogens is 397 g/mol. The summed E-state index contributed by atoms with van der Waals surface area (Å²) < 4.78 is 26.2. The van der Waals surface area contributed by atoms with Gasteiger partial charge in [-0.15, -0.1) is 0 Å². The van der Waals surface area contributed by atoms with Crippen LogP contribution < -0.4 is 14.8 Å². The molecular formula is C24H18FN3O3. The van der Waals surface area contributed by atoms with Crippen molar-refractivity contribution in [2.45, 2.75) is 0 Å². The smallest absolute Gasteiger partial charge is 0.259 e. The first-order valence-corrected chi connectivity index (χ1v) is 9.79. The number of carbonyl (C=O) groups is 1. The Morgan fingerprint density at radius 2 is 1.68 bits per heavy atom. The number of ether oxygens (including phenoxy) is 2. The van der Waals surface area contributed by atoms with Gasteiger partial charge in [0.05, 0.1) is 11.3 Å². The maximum absolute atomic E-state index is 13.2. The van der Waals surface area contributed by atoms with E-state index in [4.69, 9.17) is 9.47 Å². The van der Waals surface area contributed by atoms with E-state index in [9.17, 15) is 9.18 Å². The number of nitrogens with zero attached hydrogens (tertiary/aromatic N) is 2. The first-order valence-electron chi connectivity index (χ1n) is 9.79. The standard InChI is InChI=1S/C24H18FN3O3/c25-17-7-9-18(10-8-17)26-24(29)20-15-28(19-4-2-1-3-5-19)27-23(20)16-6-11-21-22(14-16)31-13-12-30-21/h1-11,14-15H,12-13H2,(H,26,29). The van der Waals surface area contributed by atoms with Gasteiger partial charge in [0, 0.05) is 17.4 Å². The summed E-state index contributed by atoms with van der Waals surface area (Å²) in [6.07, 6.45) is 1.68. The summed E-state index contributed by atoms with van der Waals surface area (Å²) >= 11 is 0. The molecule has 1 aliphatic rings. The fraction of sp³-hybridized carbons (Fsp3) is 0.0833. The van der Waals surface area contributed by atoms with Crippen LogP contribution in [0.2, 0.25) is 0 Å². The average molecular weight is 415 g/mol. The molecule has 3 aromatic carbocycles. The highest BCUT2D eigenvalue weighted by molar-refractivity contribution is 6.08. The third-order valence-corrected chi connectivity index (χ3v) is 4.90. The highest BCUT2D eigenvalue weighted by atomic mass is 19.1. The van der Waals surface area contributed by atoms with Gasteiger partial charge in [0.1, 0.15) is 24.7 Å². The minimum Gasteiger partial charge on any atom is -0.486 e. The lowest BCUT2D eigenvalue weighted by atomic mass is 10.1. The molecule has 31 heavy (non-hydrogen) atoms. The number of carbonyl (C=O) groups excluding carboxylic acids is 1. The highest BCUT2D eigenvalue weighted by Crippen LogP contribution is 2.35. The van der Waals surface area contributed by atoms with Crippen LogP contribution in [0.4, 0.5) is 10.1 Å². The molecule has 1 aliphatic heterocycles. The first kappa shape index (κ1) is 18.9. The molecule has 5 rings (SSSR count). The van der Waals surface area contributed by atoms with Crippen molar-refractivity contribution < 1.29 is 18.7 Å². The van der Waals surface area contributed by atoms with E-state index in [1.807, 2.05) is 48.5 Å². The van der Waals surface area contributed by atoms with Crippen LogP contribution in [0.15, 0.2) is 79.0 Å². The van der Waals surface area contributed by atoms with E-state index >= 15 is 0 Å². The molecule has 0 unspecified atom stereocenters. The van der Waals surface area contributed by atoms with Crippen molar-refractivity contribution in [3.05, 3.63) is 90.4 Å². The second-order valence-corrected chi connectivity index (χ2v) is 6.99. The quantitative estimate of drug-likeness (QED) is 0.525. The Labute approximate surface area is 177 Å². The number of para-hydroxylation sites is 1. The summed E-state index contributed by atoms with van der Waals surface area (Å²) in [5.74, 6) is 0.559. The number of hydrogen-bond acceptors (Lipinski definition) is 4. The zero-order valence-corrected chi connectivity index (χ0v) is 16.4. The highest BCUT2D eigenvalue weighted by Gasteiger charge is 2.21. The summed E-state index contributed by atoms with van der Waals surface area (Å²) in [6.45, 7) is 0.965. The molecule has 0 bridgehead atoms. The van der Waals surface area contributed by atoms with E-state index in [0.29, 0.717) is 41.7 Å². The van der Waals surface area contributed by atoms with Crippen LogP contribution in [0.5, 0.6) is 11.5 Å². The number of amides is 1. The Bertz CT molecular complexity index is 1240. The van der Waals surface area contributed by atoms with Gasteiger partial charge in [-0.25, -0.2) is 9.07 Å². The summed E-state index contributed by atoms with van der Waals surface area (Å²) in [7, 11) is 0. The third kappa shape index (κ3) is 3.85. The van der Waals surface area contributed by atoms with Crippen LogP contribution in [-0.4, -0.2) is 28.9 Å². The number of benzene rings is 3. The van der Waals surface area contributed by atoms with Gasteiger partial charge in [-0.05, 0) is 54.6 Å². The largest absolute Gasteiger partial charge is 0.486 e. The summed E-state index contributed by atoms with van der Waals surface area (Å²) in [5, 5.41) is 7.48. The van der Waals surface area contributed by atoms with Crippen molar-refractivity contribution in [1.29, 1.82) is 0 Å². The number of rotatable bonds is 4. The molecule has 0 spiro atoms. The van der Waals surface area contributed by atoms with Gasteiger partial charge in [-0.2, -0.15) is 5.10 Å². The topological polar surface area (TPSA) is 65.4 Å². The van der Waals surface area contributed by atoms with E-state index < -0.39 is 0 Å². The van der Waals surface area contributed by atoms with Crippen LogP contribution in [0, 0.1) is 5.82 Å². The van der Waals surface area contributed by atoms with Gasteiger partial charge in [0.25, 0.3) is 5.91 Å². The van der Waals surface area contributed by atoms with Crippen molar-refractivity contribution in [2.24, 2.45) is 0 Å². The molecule has 0 saturated heterocycles. The lowest BCUT2D eigenvalue weighted by Gasteiger charge is -2.18. The predicted molar refractivity (Wildman–Crippen MR) is 114 cm³/mol. The molecule has 0 saturated carbocycles. The minimum absolute atomic E-state index is 0.348. The average Bonchev–Trinajstić information content (AvgIpc) is 3.27. The molecule has 0 fully saturated rings. The maximum atomic E-state index is 13.2. The fourth-order valence-corrected chi connectivity index (χ4v) is 3.39. The van der Waals surface area contributed by atoms with Gasteiger partial charge >= 0.3 is 0 Å². The predicted octanol–water partition coefficient (Wildman–Crippen LogP) is 4.70. The second-order valence-electron chi connectivity index (χ2n) is 6.99. The SMILES string of the molecule is O=C(Nc1ccc(F)cc1)c1cn(-c2ccccc2)nc1-c1ccc2c(c1)OCCO2. The van der Waals surface area contributed by atoms with Crippen LogP contribution in [0.1, 0.15) is 10.4 Å². The molecule has 0 aliphatic carbocycles. The summed E-state index contributed by atoms with van der Waals surface area (Å²) in [4.78, 5) is 13.1. The Morgan fingerprint density at radius 3 is 2.45 bits per heavy atom. The van der Waals surface area contributed by atoms with Crippen molar-refractivity contribution >= 4 is 11.6 Å². The van der Waals surface area contributed by atoms with Gasteiger partial charge in [-0.1, -0.05) is 18.2 Å². The maximum Gasteiger partial charge on any atom is 0.259 e. The van der Waals surface area contributed by atoms with E-state index in [1.54, 1.807) is 10.9 Å². The molecule has 1 amide bonds. The summed E-state index contributed by atoms with van der Waals surface area (Å²) in [5.41, 5.74) is 2.92. The zero-order valence-electron chi connectivity index (χ0n) is 16.4. The van der Waals surface area contributed by atoms with E-state index in [2.05, 4.69) is 10.4 Å². The number of nitrogens with one attached hydrogen (secondary N) is 1. The number of fused-ring (bicyclic) bond motifs is 1. The second kappa shape index (κ2) is 7.95. The number of anilines is 1. The molecule has 1 N–H and O–H groups in total. The molecule has 154 valence electrons. The fourth-order valence-electron chi connectivity index (χ4n) is 3.39. The minimum atomic E-state index is -0.369. The lowest BCUT2D eigenvalue weighted by molar-refractivity contribution is 0.102. The third-order valence-electron chi connectivity index (χ3n) is 4.90. The number of hydrogen-bond donors (Lipinski definition) is 1. The van der Waals surface area contributed by atoms with Gasteiger partial charge in [0.15, 0.2) is 11.5 Å². The first-order chi connectivity index (χ1) is 15.2. The van der Waals surface area contributed by atoms with Crippen molar-refractivity contribution in [3.8, 4) is 28.4 Å². The molecule has 2 heterocycles. The van der Waals surface area contributed by atoms with E-state index in [0.717, 1.165) is 11.3 Å². The van der Waals surface area contributed by atoms with Crippen molar-refractivity contribution in [3.63, 3.8) is 0 Å². The van der Waals surface area contributed by atoms with Crippen LogP contribution in [0.3, 0.4) is 0 Å². The number of halogens is 1. The molecule has 6 nitrogen and oxygen atoms in total. The normalized spacial score (nSPS) is 12.4. The Kier molecular flexibility index (Phi) is 4.84. The molecule has 0 radical (unpaired) electrons. The van der Waals surface area contributed by atoms with Crippen LogP contribution in [-0.2, 0) is 0 Å². The van der Waals surface area contributed by atoms with E-state index in [1.165, 1.54) is 24.3 Å². The zero-order chi connectivity index (χ0) is 21.2.